The molecule has 342 valence electrons. The first kappa shape index (κ1) is 55.0. The van der Waals surface area contributed by atoms with Gasteiger partial charge in [0, 0.05) is 68.4 Å². The van der Waals surface area contributed by atoms with Gasteiger partial charge in [-0.15, -0.1) is 32.9 Å². The third-order valence-electron chi connectivity index (χ3n) is 6.64. The van der Waals surface area contributed by atoms with Crippen LogP contribution in [0.15, 0.2) is 73.5 Å². The molecule has 0 saturated heterocycles. The minimum atomic E-state index is 0.623. The normalized spacial score (nSPS) is 9.43. The molecule has 9 rings (SSSR count). The Morgan fingerprint density at radius 3 is 1.24 bits per heavy atom. The molecule has 0 fully saturated rings. The van der Waals surface area contributed by atoms with Crippen molar-refractivity contribution in [1.82, 2.24) is 64.3 Å². The van der Waals surface area contributed by atoms with E-state index in [-0.39, 0.29) is 0 Å². The first-order valence-electron chi connectivity index (χ1n) is 19.5. The van der Waals surface area contributed by atoms with E-state index in [4.69, 9.17) is 13.5 Å². The molecule has 0 saturated carbocycles. The molecule has 9 heterocycles. The lowest BCUT2D eigenvalue weighted by molar-refractivity contribution is 0.389. The van der Waals surface area contributed by atoms with Gasteiger partial charge in [-0.25, -0.2) is 15.0 Å². The number of rotatable bonds is 0. The van der Waals surface area contributed by atoms with Gasteiger partial charge in [0.05, 0.1) is 46.5 Å². The number of aromatic nitrogens is 13. The van der Waals surface area contributed by atoms with Crippen molar-refractivity contribution in [2.75, 3.05) is 0 Å². The van der Waals surface area contributed by atoms with Crippen LogP contribution in [0.4, 0.5) is 0 Å². The highest BCUT2D eigenvalue weighted by Crippen LogP contribution is 2.08. The fourth-order valence-electron chi connectivity index (χ4n) is 4.29. The maximum absolute atomic E-state index is 4.97. The van der Waals surface area contributed by atoms with Gasteiger partial charge in [-0.1, -0.05) is 15.5 Å². The fraction of sp³-hybridized carbons (Fsp3) is 0.419. The van der Waals surface area contributed by atoms with Gasteiger partial charge in [0.15, 0.2) is 11.7 Å². The molecular weight excluding hydrogens is 859 g/mol. The average Bonchev–Trinajstić information content (AvgIpc) is 4.08. The maximum atomic E-state index is 4.97. The lowest BCUT2D eigenvalue weighted by Gasteiger charge is -1.78. The van der Waals surface area contributed by atoms with Crippen LogP contribution in [0.5, 0.6) is 0 Å². The van der Waals surface area contributed by atoms with Crippen LogP contribution in [0.2, 0.25) is 0 Å². The predicted molar refractivity (Wildman–Crippen MR) is 250 cm³/mol. The molecule has 0 radical (unpaired) electrons. The van der Waals surface area contributed by atoms with Gasteiger partial charge in [0.2, 0.25) is 5.89 Å². The van der Waals surface area contributed by atoms with E-state index < -0.39 is 0 Å². The van der Waals surface area contributed by atoms with Crippen molar-refractivity contribution in [2.24, 2.45) is 14.1 Å². The van der Waals surface area contributed by atoms with Gasteiger partial charge >= 0.3 is 0 Å². The molecule has 0 aliphatic heterocycles. The third kappa shape index (κ3) is 29.0. The number of thiazole rings is 1. The highest BCUT2D eigenvalue weighted by molar-refractivity contribution is 7.11. The molecule has 0 bridgehead atoms. The van der Waals surface area contributed by atoms with Crippen molar-refractivity contribution in [2.45, 2.75) is 111 Å². The van der Waals surface area contributed by atoms with Crippen LogP contribution in [-0.4, -0.2) is 64.3 Å². The van der Waals surface area contributed by atoms with Crippen LogP contribution in [0.3, 0.4) is 0 Å². The van der Waals surface area contributed by atoms with Gasteiger partial charge in [-0.3, -0.25) is 4.68 Å². The SMILES string of the molecule is Cc1cc(C)on1.Cc1cc(C)on1.Cc1cc(C)sn1.Cc1cn(C)cn1.Cc1cnc(C)o1.Cc1cnc(C)s1.Cc1cnn(C)c1.Cc1nnc(C)s1.Cc1noc(C)n1. The first-order chi connectivity index (χ1) is 29.6. The monoisotopic (exact) mass is 921 g/mol. The van der Waals surface area contributed by atoms with E-state index in [9.17, 15) is 0 Å². The number of nitrogens with zero attached hydrogens (tertiary/aromatic N) is 13. The summed E-state index contributed by atoms with van der Waals surface area (Å²) >= 11 is 4.91. The smallest absolute Gasteiger partial charge is 0.223 e. The summed E-state index contributed by atoms with van der Waals surface area (Å²) in [6.07, 6.45) is 11.2. The molecule has 0 unspecified atom stereocenters. The summed E-state index contributed by atoms with van der Waals surface area (Å²) in [6.45, 7) is 30.8. The van der Waals surface area contributed by atoms with Crippen molar-refractivity contribution in [3.63, 3.8) is 0 Å². The second kappa shape index (κ2) is 30.1. The summed E-state index contributed by atoms with van der Waals surface area (Å²) in [5.74, 6) is 4.67. The molecule has 0 N–H and O–H groups in total. The summed E-state index contributed by atoms with van der Waals surface area (Å²) in [6, 6.07) is 5.85. The van der Waals surface area contributed by atoms with E-state index >= 15 is 0 Å². The fourth-order valence-corrected chi connectivity index (χ4v) is 6.12. The molecule has 0 aliphatic rings. The van der Waals surface area contributed by atoms with Gasteiger partial charge < -0.3 is 22.6 Å². The molecule has 0 amide bonds. The van der Waals surface area contributed by atoms with E-state index in [1.807, 2.05) is 139 Å². The summed E-state index contributed by atoms with van der Waals surface area (Å²) in [7, 11) is 3.87. The number of oxazole rings is 1. The molecule has 0 spiro atoms. The largest absolute Gasteiger partial charge is 0.446 e. The summed E-state index contributed by atoms with van der Waals surface area (Å²) in [4.78, 5) is 18.3. The maximum Gasteiger partial charge on any atom is 0.223 e. The van der Waals surface area contributed by atoms with Gasteiger partial charge in [-0.05, 0) is 120 Å². The Morgan fingerprint density at radius 2 is 1.11 bits per heavy atom. The zero-order valence-electron chi connectivity index (χ0n) is 39.9. The molecule has 20 heteroatoms. The Hall–Kier alpha value is -5.99. The predicted octanol–water partition coefficient (Wildman–Crippen LogP) is 10.7. The average molecular weight is 922 g/mol. The lowest BCUT2D eigenvalue weighted by Crippen LogP contribution is -1.83. The second-order valence-corrected chi connectivity index (χ2v) is 17.6. The van der Waals surface area contributed by atoms with E-state index in [0.717, 1.165) is 61.0 Å². The molecule has 0 atom stereocenters. The minimum absolute atomic E-state index is 0.623. The lowest BCUT2D eigenvalue weighted by atomic mass is 10.4. The molecule has 9 aromatic heterocycles. The summed E-state index contributed by atoms with van der Waals surface area (Å²) in [5, 5.41) is 25.5. The van der Waals surface area contributed by atoms with Crippen molar-refractivity contribution in [3.05, 3.63) is 144 Å². The Labute approximate surface area is 383 Å². The Balaban J connectivity index is 0.000000354. The van der Waals surface area contributed by atoms with Gasteiger partial charge in [0.1, 0.15) is 27.3 Å². The van der Waals surface area contributed by atoms with Crippen LogP contribution < -0.4 is 0 Å². The first-order valence-corrected chi connectivity index (χ1v) is 21.9. The molecule has 63 heavy (non-hydrogen) atoms. The quantitative estimate of drug-likeness (QED) is 0.139. The second-order valence-electron chi connectivity index (χ2n) is 13.8. The number of imidazole rings is 1. The van der Waals surface area contributed by atoms with Crippen LogP contribution in [0.25, 0.3) is 0 Å². The van der Waals surface area contributed by atoms with Crippen LogP contribution in [0.1, 0.15) is 88.0 Å². The van der Waals surface area contributed by atoms with Crippen molar-refractivity contribution in [3.8, 4) is 0 Å². The van der Waals surface area contributed by atoms with Crippen LogP contribution in [0, 0.1) is 111 Å². The minimum Gasteiger partial charge on any atom is -0.446 e. The summed E-state index contributed by atoms with van der Waals surface area (Å²) in [5.41, 5.74) is 5.29. The van der Waals surface area contributed by atoms with Gasteiger partial charge in [0.25, 0.3) is 0 Å². The third-order valence-corrected chi connectivity index (χ3v) is 9.00. The molecule has 9 aromatic rings. The Morgan fingerprint density at radius 1 is 0.508 bits per heavy atom. The Bertz CT molecular complexity index is 1820. The number of aryl methyl sites for hydroxylation is 18. The zero-order chi connectivity index (χ0) is 47.5. The Kier molecular flexibility index (Phi) is 26.3. The topological polar surface area (TPSA) is 204 Å². The zero-order valence-corrected chi connectivity index (χ0v) is 42.3. The van der Waals surface area contributed by atoms with Crippen molar-refractivity contribution in [1.29, 1.82) is 0 Å². The molecule has 17 nitrogen and oxygen atoms in total. The molecule has 0 aliphatic carbocycles. The van der Waals surface area contributed by atoms with Crippen molar-refractivity contribution < 1.29 is 18.0 Å². The number of hydrogen-bond donors (Lipinski definition) is 0. The summed E-state index contributed by atoms with van der Waals surface area (Å²) < 4.78 is 26.8. The molecular formula is C43H63N13O4S3. The van der Waals surface area contributed by atoms with Crippen LogP contribution in [-0.2, 0) is 14.1 Å². The standard InChI is InChI=1S/2C5H8N2.3C5H7NO.2C5H7NS.C4H6N2O.C4H6N2S/c1-5-3-7(2)4-6-5;1-5-3-6-7(2)4-5;1-4-3-6-5(2)7-4;2*1-4-3-5(2)7-6-4;1-4-3-6-5(2)7-4;1-4-3-5(2)7-6-4;1-3-5-4(2)7-6-3;1-3-5-6-4(2)7-3/h2*3-4H,1-2H3;5*3H,1-2H3;2*1-2H3. The van der Waals surface area contributed by atoms with E-state index in [1.54, 1.807) is 65.3 Å². The highest BCUT2D eigenvalue weighted by Gasteiger charge is 1.92. The van der Waals surface area contributed by atoms with E-state index in [1.165, 1.54) is 15.3 Å². The van der Waals surface area contributed by atoms with E-state index in [2.05, 4.69) is 79.5 Å². The van der Waals surface area contributed by atoms with Crippen LogP contribution >= 0.6 is 34.2 Å². The highest BCUT2D eigenvalue weighted by atomic mass is 32.1. The van der Waals surface area contributed by atoms with Gasteiger partial charge in [-0.2, -0.15) is 14.5 Å². The molecule has 0 aromatic carbocycles. The number of hydrogen-bond acceptors (Lipinski definition) is 18. The van der Waals surface area contributed by atoms with E-state index in [0.29, 0.717) is 11.7 Å². The van der Waals surface area contributed by atoms with Crippen molar-refractivity contribution >= 4 is 34.2 Å².